The minimum absolute atomic E-state index is 0.124. The van der Waals surface area contributed by atoms with Crippen molar-refractivity contribution in [3.05, 3.63) is 74.7 Å². The maximum atomic E-state index is 13.1. The molecule has 0 radical (unpaired) electrons. The third-order valence-corrected chi connectivity index (χ3v) is 8.50. The van der Waals surface area contributed by atoms with Crippen molar-refractivity contribution < 1.29 is 24.3 Å². The summed E-state index contributed by atoms with van der Waals surface area (Å²) < 4.78 is 1.25. The lowest BCUT2D eigenvalue weighted by atomic mass is 9.82. The lowest BCUT2D eigenvalue weighted by Crippen LogP contribution is -2.41. The average Bonchev–Trinajstić information content (AvgIpc) is 3.26. The number of imide groups is 3. The third-order valence-electron chi connectivity index (χ3n) is 5.90. The minimum Gasteiger partial charge on any atom is -0.508 e. The fourth-order valence-electron chi connectivity index (χ4n) is 4.42. The van der Waals surface area contributed by atoms with Crippen LogP contribution in [0.5, 0.6) is 5.75 Å². The van der Waals surface area contributed by atoms with E-state index in [4.69, 9.17) is 5.73 Å². The van der Waals surface area contributed by atoms with Gasteiger partial charge in [0.25, 0.3) is 5.91 Å². The average molecular weight is 511 g/mol. The maximum Gasteiger partial charge on any atom is 0.328 e. The number of phenols is 1. The number of aromatic hydroxyl groups is 1. The summed E-state index contributed by atoms with van der Waals surface area (Å²) in [6, 6.07) is 13.8. The molecular formula is C23H18N4O6S2. The molecule has 0 bridgehead atoms. The van der Waals surface area contributed by atoms with Gasteiger partial charge in [0.05, 0.1) is 10.9 Å². The number of thiazole rings is 1. The molecule has 178 valence electrons. The Morgan fingerprint density at radius 2 is 1.69 bits per heavy atom. The van der Waals surface area contributed by atoms with Crippen LogP contribution in [-0.4, -0.2) is 43.6 Å². The molecule has 2 aliphatic rings. The zero-order valence-corrected chi connectivity index (χ0v) is 19.5. The third kappa shape index (κ3) is 3.80. The molecule has 5 rings (SSSR count). The predicted molar refractivity (Wildman–Crippen MR) is 128 cm³/mol. The van der Waals surface area contributed by atoms with Gasteiger partial charge in [0.15, 0.2) is 0 Å². The Hall–Kier alpha value is -3.90. The van der Waals surface area contributed by atoms with E-state index in [-0.39, 0.29) is 12.3 Å². The van der Waals surface area contributed by atoms with E-state index in [1.54, 1.807) is 48.5 Å². The maximum absolute atomic E-state index is 13.1. The number of rotatable bonds is 4. The molecule has 12 heteroatoms. The second-order valence-corrected chi connectivity index (χ2v) is 10.1. The van der Waals surface area contributed by atoms with Gasteiger partial charge in [0.1, 0.15) is 17.5 Å². The second kappa shape index (κ2) is 8.71. The van der Waals surface area contributed by atoms with Crippen LogP contribution in [0, 0.1) is 5.92 Å². The molecule has 0 unspecified atom stereocenters. The number of nitrogens with one attached hydrogen (secondary N) is 1. The molecule has 1 saturated heterocycles. The summed E-state index contributed by atoms with van der Waals surface area (Å²) in [5, 5.41) is 12.6. The summed E-state index contributed by atoms with van der Waals surface area (Å²) in [6.45, 7) is -0.320. The number of hydrogen-bond acceptors (Lipinski definition) is 8. The number of fused-ring (bicyclic) bond motifs is 2. The van der Waals surface area contributed by atoms with Crippen molar-refractivity contribution in [3.8, 4) is 5.75 Å². The highest BCUT2D eigenvalue weighted by atomic mass is 32.2. The molecule has 0 aliphatic carbocycles. The highest BCUT2D eigenvalue weighted by molar-refractivity contribution is 8.00. The van der Waals surface area contributed by atoms with Gasteiger partial charge < -0.3 is 16.2 Å². The molecule has 35 heavy (non-hydrogen) atoms. The van der Waals surface area contributed by atoms with Crippen molar-refractivity contribution >= 4 is 52.5 Å². The van der Waals surface area contributed by atoms with Crippen molar-refractivity contribution in [1.29, 1.82) is 0 Å². The van der Waals surface area contributed by atoms with Gasteiger partial charge in [-0.2, -0.15) is 4.90 Å². The number of aromatic nitrogens is 1. The van der Waals surface area contributed by atoms with Crippen LogP contribution in [0.3, 0.4) is 0 Å². The van der Waals surface area contributed by atoms with Crippen molar-refractivity contribution in [1.82, 2.24) is 9.47 Å². The minimum atomic E-state index is -1.19. The van der Waals surface area contributed by atoms with Gasteiger partial charge >= 0.3 is 10.9 Å². The Balaban J connectivity index is 1.59. The lowest BCUT2D eigenvalue weighted by Gasteiger charge is -2.31. The van der Waals surface area contributed by atoms with E-state index in [1.165, 1.54) is 10.6 Å². The fourth-order valence-corrected chi connectivity index (χ4v) is 7.19. The van der Waals surface area contributed by atoms with Gasteiger partial charge in [-0.3, -0.25) is 23.7 Å². The number of carbonyl (C=O) groups is 4. The van der Waals surface area contributed by atoms with Gasteiger partial charge in [-0.05, 0) is 18.2 Å². The number of phenolic OH excluding ortho intramolecular Hbond substituents is 1. The molecular weight excluding hydrogens is 492 g/mol. The largest absolute Gasteiger partial charge is 0.508 e. The van der Waals surface area contributed by atoms with Crippen LogP contribution < -0.4 is 15.9 Å². The molecule has 0 saturated carbocycles. The molecule has 3 heterocycles. The summed E-state index contributed by atoms with van der Waals surface area (Å²) >= 11 is 1.79. The standard InChI is InChI=1S/C23H18N4O6S2/c24-22(32)27-19(30)16-15(12-8-4-5-9-13(12)28)18-21(34-17(16)20(27)31)26(23(33)35-18)10-14(29)25-11-6-2-1-3-7-11/h1-9,15-17,28H,10H2,(H2,24,32)(H,25,29)/t15-,16+,17-/m0/s1. The van der Waals surface area contributed by atoms with Crippen LogP contribution in [0.25, 0.3) is 0 Å². The lowest BCUT2D eigenvalue weighted by molar-refractivity contribution is -0.135. The molecule has 2 aromatic carbocycles. The van der Waals surface area contributed by atoms with E-state index in [9.17, 15) is 29.1 Å². The fraction of sp³-hybridized carbons (Fsp3) is 0.174. The first-order chi connectivity index (χ1) is 16.8. The normalized spacial score (nSPS) is 20.9. The Kier molecular flexibility index (Phi) is 5.69. The van der Waals surface area contributed by atoms with Crippen LogP contribution in [0.1, 0.15) is 16.4 Å². The number of likely N-dealkylation sites (tertiary alicyclic amines) is 1. The molecule has 0 spiro atoms. The zero-order valence-electron chi connectivity index (χ0n) is 17.9. The number of nitrogens with zero attached hydrogens (tertiary/aromatic N) is 2. The molecule has 4 N–H and O–H groups in total. The Labute approximate surface area is 206 Å². The first-order valence-corrected chi connectivity index (χ1v) is 12.2. The Morgan fingerprint density at radius 3 is 2.37 bits per heavy atom. The number of carbonyl (C=O) groups excluding carboxylic acids is 4. The number of para-hydroxylation sites is 2. The number of hydrogen-bond donors (Lipinski definition) is 3. The highest BCUT2D eigenvalue weighted by Gasteiger charge is 2.58. The molecule has 1 aromatic heterocycles. The van der Waals surface area contributed by atoms with Crippen LogP contribution in [0.2, 0.25) is 0 Å². The molecule has 1 fully saturated rings. The van der Waals surface area contributed by atoms with E-state index in [1.807, 2.05) is 0 Å². The van der Waals surface area contributed by atoms with Gasteiger partial charge in [0.2, 0.25) is 11.8 Å². The molecule has 5 amide bonds. The number of primary amides is 1. The van der Waals surface area contributed by atoms with Crippen LogP contribution >= 0.6 is 23.1 Å². The number of benzene rings is 2. The summed E-state index contributed by atoms with van der Waals surface area (Å²) in [4.78, 5) is 64.1. The number of nitrogens with two attached hydrogens (primary N) is 1. The Morgan fingerprint density at radius 1 is 1.00 bits per heavy atom. The van der Waals surface area contributed by atoms with E-state index in [2.05, 4.69) is 5.32 Å². The molecule has 3 atom stereocenters. The highest BCUT2D eigenvalue weighted by Crippen LogP contribution is 2.54. The summed E-state index contributed by atoms with van der Waals surface area (Å²) in [7, 11) is 0. The smallest absolute Gasteiger partial charge is 0.328 e. The van der Waals surface area contributed by atoms with Gasteiger partial charge in [0, 0.05) is 22.0 Å². The summed E-state index contributed by atoms with van der Waals surface area (Å²) in [6.07, 6.45) is 0. The van der Waals surface area contributed by atoms with Crippen molar-refractivity contribution in [2.75, 3.05) is 5.32 Å². The SMILES string of the molecule is NC(=O)N1C(=O)[C@@H]2[C@H](c3ccccc3O)c3sc(=O)n(CC(=O)Nc4ccccc4)c3S[C@@H]2C1=O. The quantitative estimate of drug-likeness (QED) is 0.454. The van der Waals surface area contributed by atoms with Crippen molar-refractivity contribution in [2.24, 2.45) is 11.7 Å². The zero-order chi connectivity index (χ0) is 24.9. The van der Waals surface area contributed by atoms with E-state index >= 15 is 0 Å². The number of urea groups is 1. The number of thioether (sulfide) groups is 1. The van der Waals surface area contributed by atoms with Crippen molar-refractivity contribution in [3.63, 3.8) is 0 Å². The number of anilines is 1. The van der Waals surface area contributed by atoms with Gasteiger partial charge in [-0.1, -0.05) is 59.5 Å². The van der Waals surface area contributed by atoms with E-state index in [0.717, 1.165) is 23.1 Å². The number of amides is 5. The second-order valence-electron chi connectivity index (χ2n) is 7.99. The van der Waals surface area contributed by atoms with Gasteiger partial charge in [-0.15, -0.1) is 0 Å². The van der Waals surface area contributed by atoms with E-state index in [0.29, 0.717) is 26.1 Å². The van der Waals surface area contributed by atoms with Gasteiger partial charge in [-0.25, -0.2) is 4.79 Å². The topological polar surface area (TPSA) is 152 Å². The van der Waals surface area contributed by atoms with Crippen LogP contribution in [0.4, 0.5) is 10.5 Å². The summed E-state index contributed by atoms with van der Waals surface area (Å²) in [5.41, 5.74) is 6.19. The molecule has 2 aliphatic heterocycles. The first-order valence-electron chi connectivity index (χ1n) is 10.5. The monoisotopic (exact) mass is 510 g/mol. The predicted octanol–water partition coefficient (Wildman–Crippen LogP) is 1.92. The molecule has 3 aromatic rings. The van der Waals surface area contributed by atoms with Crippen LogP contribution in [0.15, 0.2) is 64.4 Å². The van der Waals surface area contributed by atoms with E-state index < -0.39 is 45.7 Å². The first kappa shape index (κ1) is 22.9. The van der Waals surface area contributed by atoms with Crippen molar-refractivity contribution in [2.45, 2.75) is 22.7 Å². The Bertz CT molecular complexity index is 1430. The summed E-state index contributed by atoms with van der Waals surface area (Å²) in [5.74, 6) is -4.08. The van der Waals surface area contributed by atoms with Crippen LogP contribution in [-0.2, 0) is 20.9 Å². The molecule has 10 nitrogen and oxygen atoms in total.